The lowest BCUT2D eigenvalue weighted by atomic mass is 10.2. The number of aromatic amines is 3. The average Bonchev–Trinajstić information content (AvgIpc) is 3.43. The molecular formula is C23H44N6O. The van der Waals surface area contributed by atoms with Crippen molar-refractivity contribution in [1.82, 2.24) is 30.6 Å². The highest BCUT2D eigenvalue weighted by Crippen LogP contribution is 2.05. The predicted molar refractivity (Wildman–Crippen MR) is 128 cm³/mol. The van der Waals surface area contributed by atoms with Gasteiger partial charge in [0.2, 0.25) is 0 Å². The van der Waals surface area contributed by atoms with Crippen molar-refractivity contribution < 1.29 is 4.79 Å². The maximum atomic E-state index is 10.2. The van der Waals surface area contributed by atoms with E-state index < -0.39 is 0 Å². The minimum Gasteiger partial charge on any atom is -0.296 e. The Morgan fingerprint density at radius 3 is 1.27 bits per heavy atom. The van der Waals surface area contributed by atoms with Gasteiger partial charge in [0.05, 0.1) is 11.9 Å². The lowest BCUT2D eigenvalue weighted by Crippen LogP contribution is -1.81. The molecule has 3 aromatic heterocycles. The van der Waals surface area contributed by atoms with E-state index >= 15 is 0 Å². The van der Waals surface area contributed by atoms with Gasteiger partial charge in [-0.15, -0.1) is 0 Å². The van der Waals surface area contributed by atoms with E-state index in [0.29, 0.717) is 5.69 Å². The first-order valence-corrected chi connectivity index (χ1v) is 10.7. The summed E-state index contributed by atoms with van der Waals surface area (Å²) in [5.41, 5.74) is 8.31. The highest BCUT2D eigenvalue weighted by Gasteiger charge is 2.01. The lowest BCUT2D eigenvalue weighted by Gasteiger charge is -1.83. The Bertz CT molecular complexity index is 748. The number of carbonyl (C=O) groups excluding carboxylic acids is 1. The molecule has 0 atom stereocenters. The van der Waals surface area contributed by atoms with Gasteiger partial charge < -0.3 is 0 Å². The molecule has 0 saturated carbocycles. The SMILES string of the molecule is CC.CC.CC.Cc1[nH]nc(C=O)c1C.Cc1cn[nH]c1C.Cc1n[nH]c(C)c1C. The molecule has 3 aromatic rings. The second-order valence-corrected chi connectivity index (χ2v) is 5.71. The number of H-pyrrole nitrogens is 3. The van der Waals surface area contributed by atoms with Gasteiger partial charge in [0.1, 0.15) is 5.69 Å². The highest BCUT2D eigenvalue weighted by molar-refractivity contribution is 5.74. The van der Waals surface area contributed by atoms with Gasteiger partial charge in [-0.2, -0.15) is 15.3 Å². The van der Waals surface area contributed by atoms with Gasteiger partial charge in [0.25, 0.3) is 0 Å². The van der Waals surface area contributed by atoms with Crippen LogP contribution >= 0.6 is 0 Å². The molecule has 7 heteroatoms. The molecule has 0 aliphatic heterocycles. The van der Waals surface area contributed by atoms with Crippen molar-refractivity contribution in [3.63, 3.8) is 0 Å². The topological polar surface area (TPSA) is 103 Å². The Morgan fingerprint density at radius 2 is 1.13 bits per heavy atom. The number of hydrogen-bond acceptors (Lipinski definition) is 4. The molecule has 0 spiro atoms. The lowest BCUT2D eigenvalue weighted by molar-refractivity contribution is 0.111. The molecule has 0 radical (unpaired) electrons. The van der Waals surface area contributed by atoms with Crippen LogP contribution in [-0.4, -0.2) is 36.9 Å². The third-order valence-corrected chi connectivity index (χ3v) is 3.98. The first-order chi connectivity index (χ1) is 14.3. The van der Waals surface area contributed by atoms with Crippen LogP contribution in [0.5, 0.6) is 0 Å². The fourth-order valence-electron chi connectivity index (χ4n) is 1.64. The summed E-state index contributed by atoms with van der Waals surface area (Å²) in [7, 11) is 0. The Labute approximate surface area is 183 Å². The first-order valence-electron chi connectivity index (χ1n) is 10.7. The molecule has 3 rings (SSSR count). The number of carbonyl (C=O) groups is 1. The molecule has 0 amide bonds. The van der Waals surface area contributed by atoms with Crippen LogP contribution in [0.2, 0.25) is 0 Å². The van der Waals surface area contributed by atoms with E-state index in [-0.39, 0.29) is 0 Å². The third kappa shape index (κ3) is 12.0. The molecule has 0 saturated heterocycles. The molecule has 0 fully saturated rings. The van der Waals surface area contributed by atoms with Crippen molar-refractivity contribution in [2.24, 2.45) is 0 Å². The van der Waals surface area contributed by atoms with E-state index in [0.717, 1.165) is 28.9 Å². The smallest absolute Gasteiger partial charge is 0.170 e. The van der Waals surface area contributed by atoms with Crippen LogP contribution in [0.1, 0.15) is 91.5 Å². The molecule has 0 bridgehead atoms. The molecule has 172 valence electrons. The van der Waals surface area contributed by atoms with E-state index in [1.54, 1.807) is 0 Å². The molecule has 0 aromatic carbocycles. The van der Waals surface area contributed by atoms with Crippen molar-refractivity contribution in [3.05, 3.63) is 51.4 Å². The van der Waals surface area contributed by atoms with Gasteiger partial charge in [-0.3, -0.25) is 20.1 Å². The molecule has 3 N–H and O–H groups in total. The highest BCUT2D eigenvalue weighted by atomic mass is 16.1. The van der Waals surface area contributed by atoms with Crippen LogP contribution in [0, 0.1) is 48.5 Å². The van der Waals surface area contributed by atoms with Crippen molar-refractivity contribution in [3.8, 4) is 0 Å². The number of aldehydes is 1. The molecule has 3 heterocycles. The van der Waals surface area contributed by atoms with Gasteiger partial charge in [-0.1, -0.05) is 41.5 Å². The largest absolute Gasteiger partial charge is 0.296 e. The molecule has 7 nitrogen and oxygen atoms in total. The van der Waals surface area contributed by atoms with Crippen molar-refractivity contribution >= 4 is 6.29 Å². The van der Waals surface area contributed by atoms with Gasteiger partial charge in [-0.25, -0.2) is 0 Å². The average molecular weight is 421 g/mol. The standard InChI is InChI=1S/C6H8N2O.C6H10N2.C5H8N2.3C2H6/c1-4-5(2)7-8-6(4)3-9;1-4-5(2)7-8-6(4)3;1-4-3-6-7-5(4)2;3*1-2/h3H,1-2H3,(H,7,8);1-3H3,(H,7,8);3H,1-2H3,(H,6,7);3*1-2H3. The Kier molecular flexibility index (Phi) is 20.9. The van der Waals surface area contributed by atoms with Crippen molar-refractivity contribution in [2.75, 3.05) is 0 Å². The van der Waals surface area contributed by atoms with Gasteiger partial charge >= 0.3 is 0 Å². The summed E-state index contributed by atoms with van der Waals surface area (Å²) in [6.45, 7) is 25.9. The van der Waals surface area contributed by atoms with E-state index in [4.69, 9.17) is 0 Å². The fourth-order valence-corrected chi connectivity index (χ4v) is 1.64. The number of nitrogens with zero attached hydrogens (tertiary/aromatic N) is 3. The van der Waals surface area contributed by atoms with Crippen LogP contribution in [0.4, 0.5) is 0 Å². The maximum Gasteiger partial charge on any atom is 0.170 e. The third-order valence-electron chi connectivity index (χ3n) is 3.98. The molecule has 0 aliphatic carbocycles. The quantitative estimate of drug-likeness (QED) is 0.403. The number of nitrogens with one attached hydrogen (secondary N) is 3. The zero-order valence-corrected chi connectivity index (χ0v) is 21.4. The van der Waals surface area contributed by atoms with Crippen LogP contribution in [0.25, 0.3) is 0 Å². The zero-order valence-electron chi connectivity index (χ0n) is 21.4. The van der Waals surface area contributed by atoms with Crippen molar-refractivity contribution in [2.45, 2.75) is 90.0 Å². The van der Waals surface area contributed by atoms with E-state index in [1.165, 1.54) is 16.8 Å². The first kappa shape index (κ1) is 32.0. The van der Waals surface area contributed by atoms with Crippen LogP contribution in [0.3, 0.4) is 0 Å². The van der Waals surface area contributed by atoms with Gasteiger partial charge in [-0.05, 0) is 59.6 Å². The van der Waals surface area contributed by atoms with E-state index in [9.17, 15) is 4.79 Å². The minimum atomic E-state index is 0.507. The van der Waals surface area contributed by atoms with Gasteiger partial charge in [0.15, 0.2) is 6.29 Å². The molecule has 0 aliphatic rings. The monoisotopic (exact) mass is 420 g/mol. The number of aromatic nitrogens is 6. The maximum absolute atomic E-state index is 10.2. The normalized spacial score (nSPS) is 8.30. The Hall–Kier alpha value is -2.70. The molecule has 30 heavy (non-hydrogen) atoms. The number of aryl methyl sites for hydroxylation is 5. The fraction of sp³-hybridized carbons (Fsp3) is 0.565. The summed E-state index contributed by atoms with van der Waals surface area (Å²) in [6.07, 6.45) is 2.56. The van der Waals surface area contributed by atoms with E-state index in [1.807, 2.05) is 89.3 Å². The second kappa shape index (κ2) is 19.6. The zero-order chi connectivity index (χ0) is 24.3. The Balaban J connectivity index is -0.000000325. The summed E-state index contributed by atoms with van der Waals surface area (Å²) >= 11 is 0. The number of rotatable bonds is 1. The van der Waals surface area contributed by atoms with Crippen molar-refractivity contribution in [1.29, 1.82) is 0 Å². The summed E-state index contributed by atoms with van der Waals surface area (Å²) in [4.78, 5) is 10.2. The Morgan fingerprint density at radius 1 is 0.667 bits per heavy atom. The van der Waals surface area contributed by atoms with E-state index in [2.05, 4.69) is 37.5 Å². The predicted octanol–water partition coefficient (Wildman–Crippen LogP) is 6.28. The van der Waals surface area contributed by atoms with Gasteiger partial charge in [0, 0.05) is 22.6 Å². The molecular weight excluding hydrogens is 376 g/mol. The number of hydrogen-bond donors (Lipinski definition) is 3. The van der Waals surface area contributed by atoms with Crippen LogP contribution < -0.4 is 0 Å². The van der Waals surface area contributed by atoms with Crippen LogP contribution in [0.15, 0.2) is 6.20 Å². The summed E-state index contributed by atoms with van der Waals surface area (Å²) < 4.78 is 0. The second-order valence-electron chi connectivity index (χ2n) is 5.71. The van der Waals surface area contributed by atoms with Crippen LogP contribution in [-0.2, 0) is 0 Å². The molecule has 0 unspecified atom stereocenters. The minimum absolute atomic E-state index is 0.507. The summed E-state index contributed by atoms with van der Waals surface area (Å²) in [5.74, 6) is 0. The summed E-state index contributed by atoms with van der Waals surface area (Å²) in [6, 6.07) is 0. The summed E-state index contributed by atoms with van der Waals surface area (Å²) in [5, 5.41) is 19.9.